The SMILES string of the molecule is O=C1CC2(CCCCS2(=O)=O)CN1. The minimum Gasteiger partial charge on any atom is -0.354 e. The first-order valence-corrected chi connectivity index (χ1v) is 6.20. The summed E-state index contributed by atoms with van der Waals surface area (Å²) >= 11 is 0. The number of rotatable bonds is 0. The summed E-state index contributed by atoms with van der Waals surface area (Å²) in [5.74, 6) is 0.132. The maximum absolute atomic E-state index is 11.8. The lowest BCUT2D eigenvalue weighted by Gasteiger charge is -2.30. The fourth-order valence-electron chi connectivity index (χ4n) is 2.19. The summed E-state index contributed by atoms with van der Waals surface area (Å²) in [6.07, 6.45) is 2.50. The highest BCUT2D eigenvalue weighted by Crippen LogP contribution is 2.36. The van der Waals surface area contributed by atoms with E-state index >= 15 is 0 Å². The zero-order valence-corrected chi connectivity index (χ0v) is 8.19. The Hall–Kier alpha value is -0.580. The van der Waals surface area contributed by atoms with E-state index in [4.69, 9.17) is 0 Å². The van der Waals surface area contributed by atoms with Crippen molar-refractivity contribution in [1.29, 1.82) is 0 Å². The fourth-order valence-corrected chi connectivity index (χ4v) is 4.30. The number of carbonyl (C=O) groups is 1. The molecule has 5 heteroatoms. The van der Waals surface area contributed by atoms with Gasteiger partial charge in [-0.3, -0.25) is 4.79 Å². The number of hydrogen-bond donors (Lipinski definition) is 1. The Bertz CT molecular complexity index is 335. The maximum atomic E-state index is 11.8. The van der Waals surface area contributed by atoms with E-state index in [2.05, 4.69) is 5.32 Å². The highest BCUT2D eigenvalue weighted by Gasteiger charge is 2.50. The van der Waals surface area contributed by atoms with Crippen molar-refractivity contribution in [3.63, 3.8) is 0 Å². The number of sulfone groups is 1. The molecule has 1 atom stereocenters. The lowest BCUT2D eigenvalue weighted by Crippen LogP contribution is -2.44. The molecule has 0 aromatic rings. The van der Waals surface area contributed by atoms with Gasteiger partial charge in [-0.05, 0) is 12.8 Å². The second-order valence-corrected chi connectivity index (χ2v) is 6.42. The van der Waals surface area contributed by atoms with Crippen molar-refractivity contribution >= 4 is 15.7 Å². The van der Waals surface area contributed by atoms with Gasteiger partial charge < -0.3 is 5.32 Å². The van der Waals surface area contributed by atoms with Crippen molar-refractivity contribution in [3.8, 4) is 0 Å². The summed E-state index contributed by atoms with van der Waals surface area (Å²) in [5, 5.41) is 2.62. The van der Waals surface area contributed by atoms with E-state index in [1.165, 1.54) is 0 Å². The molecule has 13 heavy (non-hydrogen) atoms. The van der Waals surface area contributed by atoms with Crippen LogP contribution in [0.5, 0.6) is 0 Å². The maximum Gasteiger partial charge on any atom is 0.221 e. The Labute approximate surface area is 77.6 Å². The second kappa shape index (κ2) is 2.70. The molecule has 1 amide bonds. The van der Waals surface area contributed by atoms with E-state index < -0.39 is 14.6 Å². The normalized spacial score (nSPS) is 37.7. The van der Waals surface area contributed by atoms with Gasteiger partial charge in [0.1, 0.15) is 0 Å². The van der Waals surface area contributed by atoms with Gasteiger partial charge in [-0.15, -0.1) is 0 Å². The molecule has 2 saturated heterocycles. The van der Waals surface area contributed by atoms with Gasteiger partial charge in [0.25, 0.3) is 0 Å². The zero-order valence-electron chi connectivity index (χ0n) is 7.38. The van der Waals surface area contributed by atoms with Crippen molar-refractivity contribution in [2.24, 2.45) is 0 Å². The molecule has 2 rings (SSSR count). The molecule has 4 nitrogen and oxygen atoms in total. The Kier molecular flexibility index (Phi) is 1.87. The summed E-state index contributed by atoms with van der Waals surface area (Å²) < 4.78 is 22.8. The third kappa shape index (κ3) is 1.25. The quantitative estimate of drug-likeness (QED) is 0.595. The molecule has 0 saturated carbocycles. The molecule has 0 aliphatic carbocycles. The van der Waals surface area contributed by atoms with Gasteiger partial charge >= 0.3 is 0 Å². The summed E-state index contributed by atoms with van der Waals surface area (Å²) in [6, 6.07) is 0. The Balaban J connectivity index is 2.34. The van der Waals surface area contributed by atoms with Crippen LogP contribution in [-0.4, -0.2) is 31.4 Å². The minimum atomic E-state index is -3.04. The topological polar surface area (TPSA) is 63.2 Å². The summed E-state index contributed by atoms with van der Waals surface area (Å²) in [5.41, 5.74) is 0. The predicted molar refractivity (Wildman–Crippen MR) is 48.0 cm³/mol. The molecule has 2 aliphatic rings. The Morgan fingerprint density at radius 2 is 2.08 bits per heavy atom. The van der Waals surface area contributed by atoms with Crippen LogP contribution in [0.15, 0.2) is 0 Å². The van der Waals surface area contributed by atoms with Crippen LogP contribution in [0.2, 0.25) is 0 Å². The monoisotopic (exact) mass is 203 g/mol. The molecule has 1 spiro atoms. The fraction of sp³-hybridized carbons (Fsp3) is 0.875. The molecule has 1 N–H and O–H groups in total. The van der Waals surface area contributed by atoms with Crippen LogP contribution in [0.3, 0.4) is 0 Å². The number of nitrogens with one attached hydrogen (secondary N) is 1. The number of hydrogen-bond acceptors (Lipinski definition) is 3. The molecule has 0 radical (unpaired) electrons. The molecule has 0 aromatic carbocycles. The molecule has 2 aliphatic heterocycles. The van der Waals surface area contributed by atoms with Crippen LogP contribution in [-0.2, 0) is 14.6 Å². The summed E-state index contributed by atoms with van der Waals surface area (Å²) in [4.78, 5) is 11.0. The zero-order chi connectivity index (χ0) is 9.53. The second-order valence-electron chi connectivity index (χ2n) is 3.91. The lowest BCUT2D eigenvalue weighted by molar-refractivity contribution is -0.119. The van der Waals surface area contributed by atoms with Crippen LogP contribution in [0.1, 0.15) is 25.7 Å². The van der Waals surface area contributed by atoms with Gasteiger partial charge in [-0.2, -0.15) is 0 Å². The van der Waals surface area contributed by atoms with Crippen molar-refractivity contribution in [3.05, 3.63) is 0 Å². The van der Waals surface area contributed by atoms with E-state index in [-0.39, 0.29) is 18.1 Å². The first-order valence-electron chi connectivity index (χ1n) is 4.55. The molecule has 2 heterocycles. The van der Waals surface area contributed by atoms with E-state index in [1.54, 1.807) is 0 Å². The van der Waals surface area contributed by atoms with Crippen LogP contribution in [0.25, 0.3) is 0 Å². The van der Waals surface area contributed by atoms with Gasteiger partial charge in [0.2, 0.25) is 5.91 Å². The predicted octanol–water partition coefficient (Wildman–Crippen LogP) is -0.156. The van der Waals surface area contributed by atoms with Crippen LogP contribution >= 0.6 is 0 Å². The molecular formula is C8H13NO3S. The van der Waals surface area contributed by atoms with Crippen molar-refractivity contribution in [1.82, 2.24) is 5.32 Å². The average Bonchev–Trinajstić information content (AvgIpc) is 2.41. The van der Waals surface area contributed by atoms with Crippen LogP contribution in [0, 0.1) is 0 Å². The Morgan fingerprint density at radius 3 is 2.62 bits per heavy atom. The van der Waals surface area contributed by atoms with Crippen molar-refractivity contribution in [2.75, 3.05) is 12.3 Å². The van der Waals surface area contributed by atoms with E-state index in [1.807, 2.05) is 0 Å². The third-order valence-corrected chi connectivity index (χ3v) is 5.68. The number of amides is 1. The van der Waals surface area contributed by atoms with Crippen molar-refractivity contribution in [2.45, 2.75) is 30.4 Å². The van der Waals surface area contributed by atoms with Crippen LogP contribution in [0.4, 0.5) is 0 Å². The van der Waals surface area contributed by atoms with E-state index in [9.17, 15) is 13.2 Å². The average molecular weight is 203 g/mol. The molecule has 1 unspecified atom stereocenters. The van der Waals surface area contributed by atoms with Gasteiger partial charge in [0.05, 0.1) is 10.5 Å². The van der Waals surface area contributed by atoms with Gasteiger partial charge in [0, 0.05) is 13.0 Å². The third-order valence-electron chi connectivity index (χ3n) is 3.05. The largest absolute Gasteiger partial charge is 0.354 e. The minimum absolute atomic E-state index is 0.120. The van der Waals surface area contributed by atoms with E-state index in [0.717, 1.165) is 12.8 Å². The van der Waals surface area contributed by atoms with Crippen LogP contribution < -0.4 is 5.32 Å². The Morgan fingerprint density at radius 1 is 1.31 bits per heavy atom. The molecular weight excluding hydrogens is 190 g/mol. The van der Waals surface area contributed by atoms with Crippen molar-refractivity contribution < 1.29 is 13.2 Å². The van der Waals surface area contributed by atoms with Gasteiger partial charge in [-0.1, -0.05) is 6.42 Å². The molecule has 2 fully saturated rings. The van der Waals surface area contributed by atoms with Gasteiger partial charge in [-0.25, -0.2) is 8.42 Å². The molecule has 0 bridgehead atoms. The molecule has 74 valence electrons. The van der Waals surface area contributed by atoms with Gasteiger partial charge in [0.15, 0.2) is 9.84 Å². The standard InChI is InChI=1S/C8H13NO3S/c10-7-5-8(6-9-7)3-1-2-4-13(8,11)12/h1-6H2,(H,9,10). The van der Waals surface area contributed by atoms with E-state index in [0.29, 0.717) is 13.0 Å². The highest BCUT2D eigenvalue weighted by atomic mass is 32.2. The smallest absolute Gasteiger partial charge is 0.221 e. The lowest BCUT2D eigenvalue weighted by atomic mass is 9.99. The number of carbonyl (C=O) groups excluding carboxylic acids is 1. The summed E-state index contributed by atoms with van der Waals surface area (Å²) in [7, 11) is -3.04. The first kappa shape index (κ1) is 8.99. The highest BCUT2D eigenvalue weighted by molar-refractivity contribution is 7.92. The molecule has 0 aromatic heterocycles. The first-order chi connectivity index (χ1) is 6.06. The summed E-state index contributed by atoms with van der Waals surface area (Å²) in [6.45, 7) is 0.328.